The van der Waals surface area contributed by atoms with Crippen molar-refractivity contribution in [2.75, 3.05) is 34.4 Å². The van der Waals surface area contributed by atoms with E-state index in [-0.39, 0.29) is 0 Å². The Morgan fingerprint density at radius 1 is 0.316 bits per heavy atom. The summed E-state index contributed by atoms with van der Waals surface area (Å²) in [4.78, 5) is 27.3. The predicted octanol–water partition coefficient (Wildman–Crippen LogP) is 16.3. The molecule has 12 N–H and O–H groups in total. The van der Waals surface area contributed by atoms with Gasteiger partial charge in [0.25, 0.3) is 0 Å². The SMILES string of the molecule is Cc1nc(C)c2c(C(C)C)nn(C)c2c1N.Cc1nc(C)c2c(C(C)C)noc2c1N.Cc1nc2c(C(C)C)c(C)n(C)c2c(N)c1C.Cc1nc2c(C(C)C)c(C)oc2c(N)c1C.Cc1nc2c(C(C)C)nn(C)c2c(N)c1C.Cc1nc2c(C(C)C)noc2c(N)c1C. The molecule has 0 aliphatic rings. The Morgan fingerprint density at radius 3 is 1.22 bits per heavy atom. The molecule has 12 aromatic heterocycles. The normalized spacial score (nSPS) is 11.6. The van der Waals surface area contributed by atoms with Crippen LogP contribution in [0.5, 0.6) is 0 Å². The van der Waals surface area contributed by atoms with Crippen molar-refractivity contribution in [3.63, 3.8) is 0 Å². The van der Waals surface area contributed by atoms with E-state index < -0.39 is 0 Å². The fourth-order valence-electron chi connectivity index (χ4n) is 12.1. The molecular weight excluding hydrogens is 1190 g/mol. The van der Waals surface area contributed by atoms with Gasteiger partial charge in [0.05, 0.1) is 90.2 Å². The Balaban J connectivity index is 0.000000161. The minimum absolute atomic E-state index is 0.292. The molecule has 0 radical (unpaired) electrons. The fraction of sp³-hybridized carbons (Fsp3) is 0.479. The number of pyridine rings is 6. The molecule has 0 fully saturated rings. The van der Waals surface area contributed by atoms with Crippen molar-refractivity contribution >= 4 is 100 Å². The van der Waals surface area contributed by atoms with Gasteiger partial charge in [-0.3, -0.25) is 24.3 Å². The van der Waals surface area contributed by atoms with Crippen LogP contribution in [0.25, 0.3) is 66.1 Å². The van der Waals surface area contributed by atoms with Crippen LogP contribution < -0.4 is 34.4 Å². The van der Waals surface area contributed by atoms with E-state index in [0.717, 1.165) is 174 Å². The highest BCUT2D eigenvalue weighted by Crippen LogP contribution is 2.39. The third-order valence-electron chi connectivity index (χ3n) is 18.3. The van der Waals surface area contributed by atoms with Crippen LogP contribution in [0.3, 0.4) is 0 Å². The molecule has 0 amide bonds. The number of nitrogens with zero attached hydrogens (tertiary/aromatic N) is 13. The molecule has 0 aliphatic heterocycles. The first-order valence-corrected chi connectivity index (χ1v) is 32.8. The molecule has 22 heteroatoms. The molecular formula is C73H105N19O3. The first-order chi connectivity index (χ1) is 44.2. The molecule has 12 aromatic rings. The molecule has 0 spiro atoms. The highest BCUT2D eigenvalue weighted by molar-refractivity contribution is 5.96. The Bertz CT molecular complexity index is 4840. The number of nitrogens with two attached hydrogens (primary N) is 6. The number of aryl methyl sites for hydroxylation is 12. The highest BCUT2D eigenvalue weighted by atomic mass is 16.5. The maximum atomic E-state index is 6.24. The van der Waals surface area contributed by atoms with Crippen molar-refractivity contribution in [1.82, 2.24) is 64.3 Å². The quantitative estimate of drug-likeness (QED) is 0.0900. The lowest BCUT2D eigenvalue weighted by Gasteiger charge is -2.08. The number of fused-ring (bicyclic) bond motifs is 6. The summed E-state index contributed by atoms with van der Waals surface area (Å²) < 4.78 is 22.1. The highest BCUT2D eigenvalue weighted by Gasteiger charge is 2.25. The van der Waals surface area contributed by atoms with Crippen molar-refractivity contribution in [3.05, 3.63) is 113 Å². The molecule has 0 aliphatic carbocycles. The van der Waals surface area contributed by atoms with Gasteiger partial charge in [0.2, 0.25) is 5.58 Å². The smallest absolute Gasteiger partial charge is 0.208 e. The summed E-state index contributed by atoms with van der Waals surface area (Å²) in [5.74, 6) is 3.13. The van der Waals surface area contributed by atoms with Crippen molar-refractivity contribution in [3.8, 4) is 0 Å². The third-order valence-corrected chi connectivity index (χ3v) is 18.3. The largest absolute Gasteiger partial charge is 0.457 e. The number of nitrogen functional groups attached to an aromatic ring is 6. The van der Waals surface area contributed by atoms with Gasteiger partial charge in [-0.25, -0.2) is 15.0 Å². The summed E-state index contributed by atoms with van der Waals surface area (Å²) >= 11 is 0. The van der Waals surface area contributed by atoms with Crippen LogP contribution in [-0.4, -0.2) is 64.3 Å². The minimum Gasteiger partial charge on any atom is -0.457 e. The monoisotopic (exact) mass is 1300 g/mol. The second-order valence-electron chi connectivity index (χ2n) is 27.2. The van der Waals surface area contributed by atoms with Gasteiger partial charge in [-0.1, -0.05) is 93.4 Å². The summed E-state index contributed by atoms with van der Waals surface area (Å²) in [7, 11) is 5.92. The minimum atomic E-state index is 0.292. The van der Waals surface area contributed by atoms with E-state index in [9.17, 15) is 0 Å². The molecule has 22 nitrogen and oxygen atoms in total. The molecule has 510 valence electrons. The number of aromatic nitrogens is 13. The average molecular weight is 1300 g/mol. The summed E-state index contributed by atoms with van der Waals surface area (Å²) in [6.07, 6.45) is 0. The van der Waals surface area contributed by atoms with Crippen LogP contribution in [0.1, 0.15) is 232 Å². The van der Waals surface area contributed by atoms with E-state index in [1.165, 1.54) is 16.8 Å². The number of hydrogen-bond acceptors (Lipinski definition) is 19. The molecule has 0 unspecified atom stereocenters. The van der Waals surface area contributed by atoms with Gasteiger partial charge in [-0.05, 0) is 149 Å². The molecule has 0 aromatic carbocycles. The van der Waals surface area contributed by atoms with Gasteiger partial charge in [0, 0.05) is 77.7 Å². The van der Waals surface area contributed by atoms with Gasteiger partial charge < -0.3 is 52.4 Å². The first kappa shape index (κ1) is 73.1. The predicted molar refractivity (Wildman–Crippen MR) is 393 cm³/mol. The molecule has 0 atom stereocenters. The van der Waals surface area contributed by atoms with E-state index in [0.29, 0.717) is 58.0 Å². The lowest BCUT2D eigenvalue weighted by molar-refractivity contribution is 0.442. The topological polar surface area (TPSA) is 339 Å². The van der Waals surface area contributed by atoms with Crippen LogP contribution in [0.4, 0.5) is 34.1 Å². The summed E-state index contributed by atoms with van der Waals surface area (Å²) in [5, 5.41) is 19.2. The number of hydrogen-bond donors (Lipinski definition) is 6. The standard InChI is InChI=1S/C14H21N3.C13H18N2O.2C12H18N4.2C11H15N3O/c1-7(2)11-10(5)17(6)14-12(15)8(3)9(4)16-13(11)14;1-6(2)10-9(5)16-13-11(14)7(3)8(4)15-12(10)13;1-6(2)11-9-7(3)14-8(4)10(13)12(9)16(5)15-11;1-6(2)10-11-12(16(5)15-10)9(13)7(3)8(4)14-11;1-5(2)10-8-6(3)13-7(4)9(12)11(8)15-14-10;1-5(2)9-10-11(15-14-9)8(12)6(3)7(4)13-10/h7H,1-6H3,(H2,15,16);6H,1-5H3,(H2,14,15);6H,13H2,1-5H3;6H,1-5H3,(H2,13,14);5H,12H2,1-4H3;5H,1-4H3,(H2,12,13). The van der Waals surface area contributed by atoms with Crippen LogP contribution in [0, 0.1) is 96.9 Å². The Morgan fingerprint density at radius 2 is 0.716 bits per heavy atom. The molecule has 0 saturated heterocycles. The number of anilines is 6. The molecule has 12 rings (SSSR count). The van der Waals surface area contributed by atoms with Crippen LogP contribution in [0.2, 0.25) is 0 Å². The Hall–Kier alpha value is -9.34. The lowest BCUT2D eigenvalue weighted by atomic mass is 10.0. The van der Waals surface area contributed by atoms with E-state index in [1.54, 1.807) is 0 Å². The Kier molecular flexibility index (Phi) is 21.8. The van der Waals surface area contributed by atoms with Crippen LogP contribution >= 0.6 is 0 Å². The maximum Gasteiger partial charge on any atom is 0.208 e. The van der Waals surface area contributed by atoms with Crippen molar-refractivity contribution < 1.29 is 13.5 Å². The molecule has 12 heterocycles. The number of furan rings is 1. The summed E-state index contributed by atoms with van der Waals surface area (Å²) in [5.41, 5.74) is 68.9. The van der Waals surface area contributed by atoms with Crippen LogP contribution in [0.15, 0.2) is 13.5 Å². The van der Waals surface area contributed by atoms with Crippen molar-refractivity contribution in [2.24, 2.45) is 21.1 Å². The zero-order chi connectivity index (χ0) is 71.3. The second kappa shape index (κ2) is 28.3. The van der Waals surface area contributed by atoms with Gasteiger partial charge in [-0.15, -0.1) is 0 Å². The average Bonchev–Trinajstić information content (AvgIpc) is 1.65. The lowest BCUT2D eigenvalue weighted by Crippen LogP contribution is -2.00. The van der Waals surface area contributed by atoms with Crippen molar-refractivity contribution in [1.29, 1.82) is 0 Å². The van der Waals surface area contributed by atoms with Crippen LogP contribution in [-0.2, 0) is 21.1 Å². The van der Waals surface area contributed by atoms with E-state index in [1.807, 2.05) is 113 Å². The maximum absolute atomic E-state index is 6.24. The zero-order valence-electron chi connectivity index (χ0n) is 62.0. The van der Waals surface area contributed by atoms with E-state index in [2.05, 4.69) is 147 Å². The summed E-state index contributed by atoms with van der Waals surface area (Å²) in [6, 6.07) is 0. The van der Waals surface area contributed by atoms with Gasteiger partial charge in [-0.2, -0.15) is 10.2 Å². The zero-order valence-corrected chi connectivity index (χ0v) is 62.0. The van der Waals surface area contributed by atoms with Gasteiger partial charge in [0.15, 0.2) is 11.2 Å². The fourth-order valence-corrected chi connectivity index (χ4v) is 12.1. The summed E-state index contributed by atoms with van der Waals surface area (Å²) in [6.45, 7) is 53.3. The number of rotatable bonds is 6. The first-order valence-electron chi connectivity index (χ1n) is 32.8. The van der Waals surface area contributed by atoms with E-state index in [4.69, 9.17) is 52.8 Å². The Labute approximate surface area is 559 Å². The van der Waals surface area contributed by atoms with Gasteiger partial charge in [0.1, 0.15) is 33.5 Å². The molecule has 0 saturated carbocycles. The third kappa shape index (κ3) is 13.8. The second-order valence-corrected chi connectivity index (χ2v) is 27.2. The van der Waals surface area contributed by atoms with Crippen molar-refractivity contribution in [2.45, 2.75) is 216 Å². The van der Waals surface area contributed by atoms with Gasteiger partial charge >= 0.3 is 0 Å². The van der Waals surface area contributed by atoms with E-state index >= 15 is 0 Å². The molecule has 95 heavy (non-hydrogen) atoms. The molecule has 0 bridgehead atoms.